The van der Waals surface area contributed by atoms with Crippen molar-refractivity contribution in [1.82, 2.24) is 4.90 Å². The van der Waals surface area contributed by atoms with Gasteiger partial charge in [0.25, 0.3) is 0 Å². The molecule has 0 bridgehead atoms. The van der Waals surface area contributed by atoms with E-state index in [1.807, 2.05) is 12.1 Å². The zero-order valence-corrected chi connectivity index (χ0v) is 15.3. The van der Waals surface area contributed by atoms with E-state index in [1.54, 1.807) is 29.2 Å². The Balaban J connectivity index is 1.48. The second kappa shape index (κ2) is 6.97. The first-order valence-electron chi connectivity index (χ1n) is 8.96. The van der Waals surface area contributed by atoms with Crippen LogP contribution in [0.4, 0.5) is 4.39 Å². The first-order chi connectivity index (χ1) is 12.9. The van der Waals surface area contributed by atoms with E-state index in [0.29, 0.717) is 11.6 Å². The molecule has 4 rings (SSSR count). The number of amides is 1. The van der Waals surface area contributed by atoms with E-state index in [-0.39, 0.29) is 36.0 Å². The number of benzene rings is 2. The number of halogens is 2. The Kier molecular flexibility index (Phi) is 4.64. The molecule has 0 spiro atoms. The van der Waals surface area contributed by atoms with E-state index in [0.717, 1.165) is 17.5 Å². The van der Waals surface area contributed by atoms with Gasteiger partial charge in [-0.1, -0.05) is 35.9 Å². The molecule has 6 heteroatoms. The predicted molar refractivity (Wildman–Crippen MR) is 99.1 cm³/mol. The first-order valence-corrected chi connectivity index (χ1v) is 9.34. The molecule has 2 aromatic carbocycles. The third-order valence-corrected chi connectivity index (χ3v) is 5.90. The minimum absolute atomic E-state index is 0.00737. The van der Waals surface area contributed by atoms with Gasteiger partial charge in [0, 0.05) is 29.9 Å². The van der Waals surface area contributed by atoms with Crippen molar-refractivity contribution in [2.24, 2.45) is 11.8 Å². The van der Waals surface area contributed by atoms with Gasteiger partial charge in [-0.05, 0) is 47.7 Å². The van der Waals surface area contributed by atoms with E-state index in [9.17, 15) is 19.1 Å². The molecule has 2 aromatic rings. The fraction of sp³-hybridized carbons (Fsp3) is 0.333. The summed E-state index contributed by atoms with van der Waals surface area (Å²) < 4.78 is 13.1. The maximum Gasteiger partial charge on any atom is 0.308 e. The zero-order valence-electron chi connectivity index (χ0n) is 14.5. The Hall–Kier alpha value is -2.40. The van der Waals surface area contributed by atoms with E-state index >= 15 is 0 Å². The SMILES string of the molecule is O=C(O)[C@@H]1CN(C(=O)C2CC2c2ccc(F)cc2)C[C@H]1c1ccc(Cl)cc1. The molecule has 2 unspecified atom stereocenters. The molecule has 0 aromatic heterocycles. The van der Waals surface area contributed by atoms with Crippen molar-refractivity contribution in [3.8, 4) is 0 Å². The van der Waals surface area contributed by atoms with Gasteiger partial charge in [-0.3, -0.25) is 9.59 Å². The minimum atomic E-state index is -0.892. The van der Waals surface area contributed by atoms with Crippen molar-refractivity contribution in [2.45, 2.75) is 18.3 Å². The molecule has 1 saturated heterocycles. The Morgan fingerprint density at radius 1 is 0.926 bits per heavy atom. The highest BCUT2D eigenvalue weighted by molar-refractivity contribution is 6.30. The molecule has 1 aliphatic heterocycles. The smallest absolute Gasteiger partial charge is 0.308 e. The number of carboxylic acid groups (broad SMARTS) is 1. The van der Waals surface area contributed by atoms with Gasteiger partial charge in [-0.25, -0.2) is 4.39 Å². The lowest BCUT2D eigenvalue weighted by Crippen LogP contribution is -2.31. The van der Waals surface area contributed by atoms with Crippen LogP contribution in [0.15, 0.2) is 48.5 Å². The van der Waals surface area contributed by atoms with Gasteiger partial charge >= 0.3 is 5.97 Å². The molecule has 27 heavy (non-hydrogen) atoms. The van der Waals surface area contributed by atoms with Crippen LogP contribution >= 0.6 is 11.6 Å². The largest absolute Gasteiger partial charge is 0.481 e. The van der Waals surface area contributed by atoms with Crippen molar-refractivity contribution >= 4 is 23.5 Å². The monoisotopic (exact) mass is 387 g/mol. The summed E-state index contributed by atoms with van der Waals surface area (Å²) in [6.45, 7) is 0.609. The summed E-state index contributed by atoms with van der Waals surface area (Å²) in [5, 5.41) is 10.2. The molecule has 1 amide bonds. The molecule has 140 valence electrons. The first kappa shape index (κ1) is 18.0. The van der Waals surface area contributed by atoms with Gasteiger partial charge in [0.2, 0.25) is 5.91 Å². The van der Waals surface area contributed by atoms with Gasteiger partial charge in [0.15, 0.2) is 0 Å². The minimum Gasteiger partial charge on any atom is -0.481 e. The number of carbonyl (C=O) groups is 2. The van der Waals surface area contributed by atoms with Crippen molar-refractivity contribution in [2.75, 3.05) is 13.1 Å². The van der Waals surface area contributed by atoms with Crippen LogP contribution in [-0.4, -0.2) is 35.0 Å². The fourth-order valence-corrected chi connectivity index (χ4v) is 4.19. The van der Waals surface area contributed by atoms with Crippen LogP contribution in [0.2, 0.25) is 5.02 Å². The second-order valence-corrected chi connectivity index (χ2v) is 7.78. The highest BCUT2D eigenvalue weighted by Gasteiger charge is 2.49. The van der Waals surface area contributed by atoms with Crippen molar-refractivity contribution in [3.05, 3.63) is 70.5 Å². The molecule has 1 aliphatic carbocycles. The van der Waals surface area contributed by atoms with Crippen LogP contribution in [0.3, 0.4) is 0 Å². The highest BCUT2D eigenvalue weighted by Crippen LogP contribution is 2.49. The Labute approximate surface area is 161 Å². The van der Waals surface area contributed by atoms with Gasteiger partial charge in [0.1, 0.15) is 5.82 Å². The molecule has 0 radical (unpaired) electrons. The van der Waals surface area contributed by atoms with Crippen LogP contribution in [0.25, 0.3) is 0 Å². The van der Waals surface area contributed by atoms with Crippen LogP contribution in [-0.2, 0) is 9.59 Å². The van der Waals surface area contributed by atoms with Crippen LogP contribution < -0.4 is 0 Å². The highest BCUT2D eigenvalue weighted by atomic mass is 35.5. The molecule has 1 saturated carbocycles. The summed E-state index contributed by atoms with van der Waals surface area (Å²) in [5.41, 5.74) is 1.84. The summed E-state index contributed by atoms with van der Waals surface area (Å²) in [6.07, 6.45) is 0.727. The molecule has 2 fully saturated rings. The van der Waals surface area contributed by atoms with Crippen molar-refractivity contribution in [1.29, 1.82) is 0 Å². The Bertz CT molecular complexity index is 868. The summed E-state index contributed by atoms with van der Waals surface area (Å²) in [7, 11) is 0. The quantitative estimate of drug-likeness (QED) is 0.865. The van der Waals surface area contributed by atoms with Gasteiger partial charge in [-0.2, -0.15) is 0 Å². The summed E-state index contributed by atoms with van der Waals surface area (Å²) in [5.74, 6) is -2.12. The molecule has 1 N–H and O–H groups in total. The average molecular weight is 388 g/mol. The molecule has 4 atom stereocenters. The Morgan fingerprint density at radius 3 is 2.15 bits per heavy atom. The number of rotatable bonds is 4. The number of carboxylic acids is 1. The van der Waals surface area contributed by atoms with E-state index in [2.05, 4.69) is 0 Å². The van der Waals surface area contributed by atoms with Gasteiger partial charge in [-0.15, -0.1) is 0 Å². The number of carbonyl (C=O) groups excluding carboxylic acids is 1. The summed E-state index contributed by atoms with van der Waals surface area (Å²) in [4.78, 5) is 26.3. The number of likely N-dealkylation sites (tertiary alicyclic amines) is 1. The van der Waals surface area contributed by atoms with E-state index < -0.39 is 11.9 Å². The molecule has 4 nitrogen and oxygen atoms in total. The number of nitrogens with zero attached hydrogens (tertiary/aromatic N) is 1. The number of aliphatic carboxylic acids is 1. The number of hydrogen-bond acceptors (Lipinski definition) is 2. The van der Waals surface area contributed by atoms with Crippen LogP contribution in [0.1, 0.15) is 29.4 Å². The Morgan fingerprint density at radius 2 is 1.52 bits per heavy atom. The van der Waals surface area contributed by atoms with Gasteiger partial charge in [0.05, 0.1) is 5.92 Å². The molecular formula is C21H19ClFNO3. The number of hydrogen-bond donors (Lipinski definition) is 1. The van der Waals surface area contributed by atoms with Crippen molar-refractivity contribution in [3.63, 3.8) is 0 Å². The topological polar surface area (TPSA) is 57.6 Å². The molecule has 1 heterocycles. The maximum atomic E-state index is 13.1. The lowest BCUT2D eigenvalue weighted by molar-refractivity contribution is -0.142. The maximum absolute atomic E-state index is 13.1. The standard InChI is InChI=1S/C21H19ClFNO3/c22-14-5-1-13(2-6-14)18-10-24(11-19(18)21(26)27)20(25)17-9-16(17)12-3-7-15(23)8-4-12/h1-8,16-19H,9-11H2,(H,26,27)/t16?,17?,18-,19+/m0/s1. The fourth-order valence-electron chi connectivity index (χ4n) is 4.06. The predicted octanol–water partition coefficient (Wildman–Crippen LogP) is 3.91. The summed E-state index contributed by atoms with van der Waals surface area (Å²) >= 11 is 5.93. The lowest BCUT2D eigenvalue weighted by atomic mass is 9.89. The lowest BCUT2D eigenvalue weighted by Gasteiger charge is -2.17. The van der Waals surface area contributed by atoms with Crippen molar-refractivity contribution < 1.29 is 19.1 Å². The van der Waals surface area contributed by atoms with Crippen LogP contribution in [0.5, 0.6) is 0 Å². The van der Waals surface area contributed by atoms with Gasteiger partial charge < -0.3 is 10.0 Å². The van der Waals surface area contributed by atoms with E-state index in [1.165, 1.54) is 12.1 Å². The summed E-state index contributed by atoms with van der Waals surface area (Å²) in [6, 6.07) is 13.4. The zero-order chi connectivity index (χ0) is 19.1. The van der Waals surface area contributed by atoms with Crippen LogP contribution in [0, 0.1) is 17.7 Å². The molecular weight excluding hydrogens is 369 g/mol. The third-order valence-electron chi connectivity index (χ3n) is 5.65. The van der Waals surface area contributed by atoms with E-state index in [4.69, 9.17) is 11.6 Å². The molecule has 2 aliphatic rings. The average Bonchev–Trinajstić information content (AvgIpc) is 3.32. The second-order valence-electron chi connectivity index (χ2n) is 7.35. The normalized spacial score (nSPS) is 26.8. The third kappa shape index (κ3) is 3.56.